The second-order valence-corrected chi connectivity index (χ2v) is 9.77. The Balaban J connectivity index is 1.63. The zero-order valence-electron chi connectivity index (χ0n) is 18.2. The number of nitrogens with zero attached hydrogens (tertiary/aromatic N) is 5. The number of hydrogen-bond donors (Lipinski definition) is 1. The van der Waals surface area contributed by atoms with Gasteiger partial charge in [0.15, 0.2) is 33.6 Å². The van der Waals surface area contributed by atoms with Gasteiger partial charge >= 0.3 is 0 Å². The Hall–Kier alpha value is -2.28. The zero-order chi connectivity index (χ0) is 22.8. The van der Waals surface area contributed by atoms with Gasteiger partial charge in [-0.1, -0.05) is 18.7 Å². The quantitative estimate of drug-likeness (QED) is 0.408. The summed E-state index contributed by atoms with van der Waals surface area (Å²) in [4.78, 5) is 28.5. The standard InChI is InChI=1S/C21H25IN6O3S/c1-4-17(29)27(12(2)3)6-5-7-28-20-18(19(23)24-10-25-20)26-21(28)32-16-9-15-14(8-13(16)22)30-11-31-15/h8-10,12H,4-7,11H2,1-3H3,(H2,23,24,25). The number of imidazole rings is 1. The molecule has 3 heterocycles. The summed E-state index contributed by atoms with van der Waals surface area (Å²) in [5.74, 6) is 1.98. The van der Waals surface area contributed by atoms with E-state index in [9.17, 15) is 4.79 Å². The molecule has 0 bridgehead atoms. The second kappa shape index (κ2) is 9.69. The van der Waals surface area contributed by atoms with Gasteiger partial charge in [-0.2, -0.15) is 0 Å². The summed E-state index contributed by atoms with van der Waals surface area (Å²) in [6.45, 7) is 7.51. The third-order valence-electron chi connectivity index (χ3n) is 5.18. The van der Waals surface area contributed by atoms with Crippen molar-refractivity contribution in [2.45, 2.75) is 56.3 Å². The summed E-state index contributed by atoms with van der Waals surface area (Å²) in [6, 6.07) is 4.08. The van der Waals surface area contributed by atoms with E-state index in [1.165, 1.54) is 18.1 Å². The van der Waals surface area contributed by atoms with Crippen molar-refractivity contribution in [3.05, 3.63) is 22.0 Å². The van der Waals surface area contributed by atoms with Crippen LogP contribution < -0.4 is 15.2 Å². The number of aromatic nitrogens is 4. The Morgan fingerprint density at radius 3 is 2.78 bits per heavy atom. The monoisotopic (exact) mass is 568 g/mol. The smallest absolute Gasteiger partial charge is 0.231 e. The van der Waals surface area contributed by atoms with Crippen LogP contribution in [0.2, 0.25) is 0 Å². The SMILES string of the molecule is CCC(=O)N(CCCn1c(Sc2cc3c(cc2I)OCO3)nc2c(N)ncnc21)C(C)C. The molecule has 11 heteroatoms. The minimum atomic E-state index is 0.156. The van der Waals surface area contributed by atoms with E-state index < -0.39 is 0 Å². The summed E-state index contributed by atoms with van der Waals surface area (Å²) in [5.41, 5.74) is 7.35. The lowest BCUT2D eigenvalue weighted by Gasteiger charge is -2.26. The lowest BCUT2D eigenvalue weighted by molar-refractivity contribution is -0.132. The van der Waals surface area contributed by atoms with Crippen LogP contribution in [0.25, 0.3) is 11.2 Å². The van der Waals surface area contributed by atoms with Crippen LogP contribution >= 0.6 is 34.4 Å². The number of ether oxygens (including phenoxy) is 2. The topological polar surface area (TPSA) is 108 Å². The molecule has 1 aliphatic rings. The average Bonchev–Trinajstić information content (AvgIpc) is 3.35. The number of carbonyl (C=O) groups excluding carboxylic acids is 1. The minimum absolute atomic E-state index is 0.156. The van der Waals surface area contributed by atoms with E-state index in [0.717, 1.165) is 31.5 Å². The average molecular weight is 568 g/mol. The first kappa shape index (κ1) is 22.9. The van der Waals surface area contributed by atoms with Gasteiger partial charge in [0.05, 0.1) is 0 Å². The van der Waals surface area contributed by atoms with E-state index in [2.05, 4.69) is 32.6 Å². The van der Waals surface area contributed by atoms with Crippen LogP contribution in [0.3, 0.4) is 0 Å². The first-order valence-corrected chi connectivity index (χ1v) is 12.3. The molecule has 2 N–H and O–H groups in total. The maximum Gasteiger partial charge on any atom is 0.231 e. The maximum absolute atomic E-state index is 12.3. The maximum atomic E-state index is 12.3. The number of anilines is 1. The van der Waals surface area contributed by atoms with Crippen molar-refractivity contribution in [1.29, 1.82) is 0 Å². The van der Waals surface area contributed by atoms with Crippen LogP contribution in [-0.4, -0.2) is 49.7 Å². The molecule has 0 atom stereocenters. The number of aryl methyl sites for hydroxylation is 1. The van der Waals surface area contributed by atoms with E-state index in [1.54, 1.807) is 0 Å². The molecule has 0 radical (unpaired) electrons. The Labute approximate surface area is 204 Å². The number of fused-ring (bicyclic) bond motifs is 2. The number of benzene rings is 1. The number of halogens is 1. The Morgan fingerprint density at radius 1 is 1.31 bits per heavy atom. The van der Waals surface area contributed by atoms with Gasteiger partial charge in [0.25, 0.3) is 0 Å². The van der Waals surface area contributed by atoms with Crippen molar-refractivity contribution in [1.82, 2.24) is 24.4 Å². The van der Waals surface area contributed by atoms with Crippen molar-refractivity contribution < 1.29 is 14.3 Å². The van der Waals surface area contributed by atoms with Gasteiger partial charge in [-0.05, 0) is 55.0 Å². The molecule has 0 saturated carbocycles. The van der Waals surface area contributed by atoms with Gasteiger partial charge in [-0.15, -0.1) is 0 Å². The van der Waals surface area contributed by atoms with Gasteiger partial charge < -0.3 is 24.7 Å². The third kappa shape index (κ3) is 4.58. The minimum Gasteiger partial charge on any atom is -0.454 e. The fourth-order valence-corrected chi connectivity index (χ4v) is 5.27. The van der Waals surface area contributed by atoms with E-state index in [0.29, 0.717) is 36.5 Å². The Kier molecular flexibility index (Phi) is 6.93. The highest BCUT2D eigenvalue weighted by Gasteiger charge is 2.21. The van der Waals surface area contributed by atoms with Gasteiger partial charge in [0.2, 0.25) is 12.7 Å². The largest absolute Gasteiger partial charge is 0.454 e. The number of amides is 1. The van der Waals surface area contributed by atoms with Crippen LogP contribution in [0.1, 0.15) is 33.6 Å². The predicted molar refractivity (Wildman–Crippen MR) is 131 cm³/mol. The van der Waals surface area contributed by atoms with Crippen molar-refractivity contribution in [3.8, 4) is 11.5 Å². The highest BCUT2D eigenvalue weighted by Crippen LogP contribution is 2.41. The summed E-state index contributed by atoms with van der Waals surface area (Å²) in [7, 11) is 0. The first-order valence-electron chi connectivity index (χ1n) is 10.4. The summed E-state index contributed by atoms with van der Waals surface area (Å²) in [5, 5.41) is 0.766. The fraction of sp³-hybridized carbons (Fsp3) is 0.429. The molecular weight excluding hydrogens is 543 g/mol. The summed E-state index contributed by atoms with van der Waals surface area (Å²) in [6.07, 6.45) is 2.72. The molecule has 9 nitrogen and oxygen atoms in total. The van der Waals surface area contributed by atoms with E-state index in [-0.39, 0.29) is 18.7 Å². The summed E-state index contributed by atoms with van der Waals surface area (Å²) >= 11 is 3.81. The molecular formula is C21H25IN6O3S. The molecule has 0 saturated heterocycles. The molecule has 3 aromatic rings. The fourth-order valence-electron chi connectivity index (χ4n) is 3.56. The number of carbonyl (C=O) groups is 1. The second-order valence-electron chi connectivity index (χ2n) is 7.60. The van der Waals surface area contributed by atoms with Crippen LogP contribution in [-0.2, 0) is 11.3 Å². The van der Waals surface area contributed by atoms with Crippen LogP contribution in [0.15, 0.2) is 28.5 Å². The Bertz CT molecular complexity index is 1150. The lowest BCUT2D eigenvalue weighted by Crippen LogP contribution is -2.37. The number of rotatable bonds is 8. The normalized spacial score (nSPS) is 12.7. The van der Waals surface area contributed by atoms with Crippen LogP contribution in [0, 0.1) is 3.57 Å². The Morgan fingerprint density at radius 2 is 2.06 bits per heavy atom. The molecule has 4 rings (SSSR count). The molecule has 1 amide bonds. The van der Waals surface area contributed by atoms with E-state index in [4.69, 9.17) is 20.2 Å². The number of hydrogen-bond acceptors (Lipinski definition) is 8. The lowest BCUT2D eigenvalue weighted by atomic mass is 10.2. The van der Waals surface area contributed by atoms with Crippen molar-refractivity contribution in [2.24, 2.45) is 0 Å². The summed E-state index contributed by atoms with van der Waals surface area (Å²) < 4.78 is 14.1. The van der Waals surface area contributed by atoms with Crippen molar-refractivity contribution >= 4 is 57.2 Å². The van der Waals surface area contributed by atoms with E-state index >= 15 is 0 Å². The molecule has 0 aliphatic carbocycles. The van der Waals surface area contributed by atoms with Gasteiger partial charge in [-0.25, -0.2) is 15.0 Å². The zero-order valence-corrected chi connectivity index (χ0v) is 21.1. The molecule has 0 unspecified atom stereocenters. The molecule has 32 heavy (non-hydrogen) atoms. The molecule has 170 valence electrons. The van der Waals surface area contributed by atoms with Gasteiger partial charge in [0.1, 0.15) is 6.33 Å². The molecule has 0 spiro atoms. The predicted octanol–water partition coefficient (Wildman–Crippen LogP) is 3.93. The van der Waals surface area contributed by atoms with Gasteiger partial charge in [0, 0.05) is 34.0 Å². The molecule has 1 aliphatic heterocycles. The highest BCUT2D eigenvalue weighted by atomic mass is 127. The number of nitrogen functional groups attached to an aromatic ring is 1. The van der Waals surface area contributed by atoms with Crippen LogP contribution in [0.5, 0.6) is 11.5 Å². The van der Waals surface area contributed by atoms with Crippen molar-refractivity contribution in [3.63, 3.8) is 0 Å². The number of nitrogens with two attached hydrogens (primary N) is 1. The van der Waals surface area contributed by atoms with E-state index in [1.807, 2.05) is 42.4 Å². The molecule has 2 aromatic heterocycles. The van der Waals surface area contributed by atoms with Crippen LogP contribution in [0.4, 0.5) is 5.82 Å². The van der Waals surface area contributed by atoms with Crippen molar-refractivity contribution in [2.75, 3.05) is 19.1 Å². The molecule has 1 aromatic carbocycles. The molecule has 0 fully saturated rings. The van der Waals surface area contributed by atoms with Gasteiger partial charge in [-0.3, -0.25) is 4.79 Å². The highest BCUT2D eigenvalue weighted by molar-refractivity contribution is 14.1. The first-order chi connectivity index (χ1) is 15.4. The third-order valence-corrected chi connectivity index (χ3v) is 7.49.